The first-order valence-electron chi connectivity index (χ1n) is 8.39. The minimum Gasteiger partial charge on any atom is -0.358 e. The molecule has 5 nitrogen and oxygen atoms in total. The summed E-state index contributed by atoms with van der Waals surface area (Å²) < 4.78 is 0.702. The second-order valence-electron chi connectivity index (χ2n) is 5.73. The summed E-state index contributed by atoms with van der Waals surface area (Å²) in [6.45, 7) is 11.3. The van der Waals surface area contributed by atoms with Gasteiger partial charge in [-0.2, -0.15) is 0 Å². The van der Waals surface area contributed by atoms with E-state index in [0.29, 0.717) is 4.32 Å². The minimum absolute atomic E-state index is 0.0600. The monoisotopic (exact) mass is 381 g/mol. The van der Waals surface area contributed by atoms with Gasteiger partial charge in [0, 0.05) is 18.8 Å². The van der Waals surface area contributed by atoms with Crippen LogP contribution in [0.2, 0.25) is 0 Å². The highest BCUT2D eigenvalue weighted by atomic mass is 32.2. The Morgan fingerprint density at radius 2 is 1.76 bits per heavy atom. The van der Waals surface area contributed by atoms with Crippen LogP contribution in [-0.2, 0) is 9.59 Å². The van der Waals surface area contributed by atoms with Gasteiger partial charge >= 0.3 is 0 Å². The van der Waals surface area contributed by atoms with Crippen LogP contribution in [-0.4, -0.2) is 45.9 Å². The third kappa shape index (κ3) is 6.66. The molecule has 0 aliphatic heterocycles. The van der Waals surface area contributed by atoms with Crippen molar-refractivity contribution in [2.75, 3.05) is 25.0 Å². The average Bonchev–Trinajstić information content (AvgIpc) is 2.57. The third-order valence-corrected chi connectivity index (χ3v) is 5.41. The molecule has 0 bridgehead atoms. The van der Waals surface area contributed by atoms with E-state index in [1.165, 1.54) is 11.8 Å². The van der Waals surface area contributed by atoms with Crippen LogP contribution in [0, 0.1) is 13.8 Å². The highest BCUT2D eigenvalue weighted by Gasteiger charge is 2.19. The van der Waals surface area contributed by atoms with E-state index >= 15 is 0 Å². The van der Waals surface area contributed by atoms with Crippen molar-refractivity contribution >= 4 is 45.8 Å². The second kappa shape index (κ2) is 10.4. The minimum atomic E-state index is -0.346. The fraction of sp³-hybridized carbons (Fsp3) is 0.500. The number of amides is 2. The summed E-state index contributed by atoms with van der Waals surface area (Å²) in [4.78, 5) is 26.3. The molecule has 1 rings (SSSR count). The van der Waals surface area contributed by atoms with Crippen molar-refractivity contribution in [2.45, 2.75) is 39.9 Å². The first-order valence-corrected chi connectivity index (χ1v) is 9.68. The van der Waals surface area contributed by atoms with Crippen molar-refractivity contribution in [1.29, 1.82) is 0 Å². The van der Waals surface area contributed by atoms with E-state index in [9.17, 15) is 9.59 Å². The number of rotatable bonds is 7. The Bertz CT molecular complexity index is 610. The number of thiocarbonyl (C=S) groups is 1. The highest BCUT2D eigenvalue weighted by molar-refractivity contribution is 8.23. The van der Waals surface area contributed by atoms with Gasteiger partial charge in [-0.1, -0.05) is 42.2 Å². The van der Waals surface area contributed by atoms with Gasteiger partial charge in [0.15, 0.2) is 0 Å². The zero-order valence-electron chi connectivity index (χ0n) is 15.5. The largest absolute Gasteiger partial charge is 0.358 e. The molecule has 0 spiro atoms. The van der Waals surface area contributed by atoms with Gasteiger partial charge in [0.2, 0.25) is 11.8 Å². The summed E-state index contributed by atoms with van der Waals surface area (Å²) in [5.41, 5.74) is 2.79. The molecule has 0 unspecified atom stereocenters. The maximum atomic E-state index is 12.2. The van der Waals surface area contributed by atoms with E-state index in [1.807, 2.05) is 50.8 Å². The van der Waals surface area contributed by atoms with Gasteiger partial charge in [-0.05, 0) is 45.7 Å². The number of thioether (sulfide) groups is 1. The van der Waals surface area contributed by atoms with Crippen LogP contribution in [0.3, 0.4) is 0 Å². The van der Waals surface area contributed by atoms with E-state index in [1.54, 1.807) is 6.92 Å². The first kappa shape index (κ1) is 21.4. The van der Waals surface area contributed by atoms with Crippen molar-refractivity contribution in [1.82, 2.24) is 10.2 Å². The van der Waals surface area contributed by atoms with Gasteiger partial charge in [0.1, 0.15) is 4.32 Å². The van der Waals surface area contributed by atoms with E-state index in [2.05, 4.69) is 10.6 Å². The zero-order chi connectivity index (χ0) is 19.0. The third-order valence-electron chi connectivity index (χ3n) is 3.84. The predicted octanol–water partition coefficient (Wildman–Crippen LogP) is 3.11. The Kier molecular flexibility index (Phi) is 8.92. The van der Waals surface area contributed by atoms with Crippen molar-refractivity contribution < 1.29 is 9.59 Å². The molecule has 138 valence electrons. The maximum absolute atomic E-state index is 12.2. The molecule has 0 saturated carbocycles. The van der Waals surface area contributed by atoms with Gasteiger partial charge in [0.05, 0.1) is 11.8 Å². The number of para-hydroxylation sites is 1. The molecule has 7 heteroatoms. The lowest BCUT2D eigenvalue weighted by Gasteiger charge is -2.22. The topological polar surface area (TPSA) is 61.4 Å². The van der Waals surface area contributed by atoms with Gasteiger partial charge in [0.25, 0.3) is 0 Å². The summed E-state index contributed by atoms with van der Waals surface area (Å²) in [5, 5.41) is 5.18. The lowest BCUT2D eigenvalue weighted by Crippen LogP contribution is -2.38. The normalized spacial score (nSPS) is 11.6. The number of benzene rings is 1. The van der Waals surface area contributed by atoms with Crippen LogP contribution in [0.4, 0.5) is 5.69 Å². The van der Waals surface area contributed by atoms with Crippen LogP contribution < -0.4 is 10.6 Å². The quantitative estimate of drug-likeness (QED) is 0.711. The SMILES string of the molecule is CCN(CC)C(=S)S[C@@H](C)C(=O)NCC(=O)Nc1c(C)cccc1C. The number of hydrogen-bond acceptors (Lipinski definition) is 4. The van der Waals surface area contributed by atoms with Crippen LogP contribution in [0.25, 0.3) is 0 Å². The first-order chi connectivity index (χ1) is 11.8. The molecule has 0 aromatic heterocycles. The summed E-state index contributed by atoms with van der Waals surface area (Å²) >= 11 is 6.69. The highest BCUT2D eigenvalue weighted by Crippen LogP contribution is 2.19. The van der Waals surface area contributed by atoms with Crippen molar-refractivity contribution in [3.63, 3.8) is 0 Å². The van der Waals surface area contributed by atoms with Crippen molar-refractivity contribution in [2.24, 2.45) is 0 Å². The molecule has 25 heavy (non-hydrogen) atoms. The molecule has 2 amide bonds. The Morgan fingerprint density at radius 1 is 1.20 bits per heavy atom. The second-order valence-corrected chi connectivity index (χ2v) is 7.71. The molecule has 0 radical (unpaired) electrons. The van der Waals surface area contributed by atoms with Crippen LogP contribution in [0.5, 0.6) is 0 Å². The van der Waals surface area contributed by atoms with Crippen molar-refractivity contribution in [3.8, 4) is 0 Å². The molecule has 0 aliphatic carbocycles. The number of carbonyl (C=O) groups excluding carboxylic acids is 2. The summed E-state index contributed by atoms with van der Waals surface area (Å²) in [6, 6.07) is 5.82. The molecule has 0 saturated heterocycles. The van der Waals surface area contributed by atoms with Gasteiger partial charge < -0.3 is 15.5 Å². The molecule has 1 atom stereocenters. The molecule has 1 aromatic carbocycles. The maximum Gasteiger partial charge on any atom is 0.243 e. The lowest BCUT2D eigenvalue weighted by molar-refractivity contribution is -0.123. The molecule has 2 N–H and O–H groups in total. The number of hydrogen-bond donors (Lipinski definition) is 2. The number of aryl methyl sites for hydroxylation is 2. The van der Waals surface area contributed by atoms with Crippen molar-refractivity contribution in [3.05, 3.63) is 29.3 Å². The molecule has 0 aliphatic rings. The summed E-state index contributed by atoms with van der Waals surface area (Å²) in [6.07, 6.45) is 0. The molecular weight excluding hydrogens is 354 g/mol. The Balaban J connectivity index is 2.50. The Morgan fingerprint density at radius 3 is 2.28 bits per heavy atom. The smallest absolute Gasteiger partial charge is 0.243 e. The Hall–Kier alpha value is -1.60. The average molecular weight is 382 g/mol. The summed E-state index contributed by atoms with van der Waals surface area (Å²) in [7, 11) is 0. The van der Waals surface area contributed by atoms with Gasteiger partial charge in [-0.15, -0.1) is 0 Å². The van der Waals surface area contributed by atoms with E-state index in [0.717, 1.165) is 29.9 Å². The fourth-order valence-corrected chi connectivity index (χ4v) is 3.86. The predicted molar refractivity (Wildman–Crippen MR) is 110 cm³/mol. The molecular formula is C18H27N3O2S2. The van der Waals surface area contributed by atoms with Gasteiger partial charge in [-0.25, -0.2) is 0 Å². The Labute approximate surface area is 159 Å². The number of nitrogens with zero attached hydrogens (tertiary/aromatic N) is 1. The van der Waals surface area contributed by atoms with E-state index < -0.39 is 0 Å². The molecule has 0 heterocycles. The molecule has 0 fully saturated rings. The summed E-state index contributed by atoms with van der Waals surface area (Å²) in [5.74, 6) is -0.439. The number of anilines is 1. The van der Waals surface area contributed by atoms with Gasteiger partial charge in [-0.3, -0.25) is 9.59 Å². The standard InChI is InChI=1S/C18H27N3O2S2/c1-6-21(7-2)18(24)25-14(5)17(23)19-11-15(22)20-16-12(3)9-8-10-13(16)4/h8-10,14H,6-7,11H2,1-5H3,(H,19,23)(H,20,22)/t14-/m0/s1. The van der Waals surface area contributed by atoms with Crippen LogP contribution >= 0.6 is 24.0 Å². The van der Waals surface area contributed by atoms with Crippen LogP contribution in [0.15, 0.2) is 18.2 Å². The number of carbonyl (C=O) groups is 2. The lowest BCUT2D eigenvalue weighted by atomic mass is 10.1. The molecule has 1 aromatic rings. The zero-order valence-corrected chi connectivity index (χ0v) is 17.1. The fourth-order valence-electron chi connectivity index (χ4n) is 2.27. The number of nitrogens with one attached hydrogen (secondary N) is 2. The van der Waals surface area contributed by atoms with Crippen LogP contribution in [0.1, 0.15) is 31.9 Å². The van der Waals surface area contributed by atoms with E-state index in [-0.39, 0.29) is 23.6 Å². The van der Waals surface area contributed by atoms with E-state index in [4.69, 9.17) is 12.2 Å².